The predicted molar refractivity (Wildman–Crippen MR) is 91.8 cm³/mol. The molecule has 2 rings (SSSR count). The molecular formula is C17H26N4O2. The van der Waals surface area contributed by atoms with Crippen LogP contribution in [0.1, 0.15) is 17.5 Å². The fraction of sp³-hybridized carbons (Fsp3) is 0.529. The van der Waals surface area contributed by atoms with Crippen molar-refractivity contribution in [2.45, 2.75) is 26.3 Å². The van der Waals surface area contributed by atoms with Gasteiger partial charge in [-0.15, -0.1) is 0 Å². The fourth-order valence-electron chi connectivity index (χ4n) is 2.79. The summed E-state index contributed by atoms with van der Waals surface area (Å²) < 4.78 is 0. The van der Waals surface area contributed by atoms with E-state index < -0.39 is 0 Å². The molecule has 0 aliphatic carbocycles. The third-order valence-corrected chi connectivity index (χ3v) is 4.53. The van der Waals surface area contributed by atoms with Gasteiger partial charge in [-0.05, 0) is 37.5 Å². The van der Waals surface area contributed by atoms with E-state index in [2.05, 4.69) is 5.32 Å². The summed E-state index contributed by atoms with van der Waals surface area (Å²) in [7, 11) is 5.26. The maximum atomic E-state index is 12.5. The van der Waals surface area contributed by atoms with Gasteiger partial charge >= 0.3 is 12.1 Å². The van der Waals surface area contributed by atoms with E-state index in [1.54, 1.807) is 35.8 Å². The number of benzene rings is 1. The molecule has 0 radical (unpaired) electrons. The first-order valence-corrected chi connectivity index (χ1v) is 7.87. The Kier molecular flexibility index (Phi) is 5.13. The molecule has 0 saturated carbocycles. The molecule has 1 aliphatic rings. The highest BCUT2D eigenvalue weighted by Crippen LogP contribution is 2.20. The lowest BCUT2D eigenvalue weighted by molar-refractivity contribution is 0.164. The van der Waals surface area contributed by atoms with E-state index in [9.17, 15) is 9.59 Å². The number of likely N-dealkylation sites (N-methyl/N-ethyl adjacent to an activating group) is 1. The van der Waals surface area contributed by atoms with E-state index in [1.165, 1.54) is 0 Å². The average molecular weight is 318 g/mol. The van der Waals surface area contributed by atoms with Gasteiger partial charge in [0.1, 0.15) is 0 Å². The standard InChI is InChI=1S/C17H26N4O2/c1-12-7-6-8-15(13(12)2)18-16(22)21-10-9-14(11-21)20(5)17(23)19(3)4/h6-8,14H,9-11H2,1-5H3,(H,18,22). The second kappa shape index (κ2) is 6.89. The Morgan fingerprint density at radius 2 is 1.91 bits per heavy atom. The van der Waals surface area contributed by atoms with Crippen molar-refractivity contribution in [1.29, 1.82) is 0 Å². The number of carbonyl (C=O) groups is 2. The van der Waals surface area contributed by atoms with Crippen molar-refractivity contribution in [2.24, 2.45) is 0 Å². The van der Waals surface area contributed by atoms with Crippen molar-refractivity contribution in [3.8, 4) is 0 Å². The van der Waals surface area contributed by atoms with Crippen LogP contribution in [0.15, 0.2) is 18.2 Å². The van der Waals surface area contributed by atoms with E-state index in [0.717, 1.165) is 23.2 Å². The average Bonchev–Trinajstić information content (AvgIpc) is 3.00. The highest BCUT2D eigenvalue weighted by Gasteiger charge is 2.31. The normalized spacial score (nSPS) is 17.1. The molecule has 1 aromatic rings. The van der Waals surface area contributed by atoms with E-state index in [-0.39, 0.29) is 18.1 Å². The minimum absolute atomic E-state index is 0.0354. The lowest BCUT2D eigenvalue weighted by atomic mass is 10.1. The van der Waals surface area contributed by atoms with Crippen LogP contribution >= 0.6 is 0 Å². The van der Waals surface area contributed by atoms with Gasteiger partial charge in [-0.25, -0.2) is 9.59 Å². The number of anilines is 1. The Morgan fingerprint density at radius 1 is 1.22 bits per heavy atom. The molecule has 6 nitrogen and oxygen atoms in total. The van der Waals surface area contributed by atoms with Crippen molar-refractivity contribution in [2.75, 3.05) is 39.5 Å². The Bertz CT molecular complexity index is 600. The topological polar surface area (TPSA) is 55.9 Å². The van der Waals surface area contributed by atoms with Gasteiger partial charge in [0.2, 0.25) is 0 Å². The number of nitrogens with zero attached hydrogens (tertiary/aromatic N) is 3. The quantitative estimate of drug-likeness (QED) is 0.911. The number of aryl methyl sites for hydroxylation is 1. The third-order valence-electron chi connectivity index (χ3n) is 4.53. The summed E-state index contributed by atoms with van der Waals surface area (Å²) in [6.07, 6.45) is 0.802. The zero-order chi connectivity index (χ0) is 17.1. The van der Waals surface area contributed by atoms with Crippen LogP contribution in [0.5, 0.6) is 0 Å². The van der Waals surface area contributed by atoms with Gasteiger partial charge in [0.05, 0.1) is 6.04 Å². The van der Waals surface area contributed by atoms with E-state index in [4.69, 9.17) is 0 Å². The van der Waals surface area contributed by atoms with Gasteiger partial charge in [-0.3, -0.25) is 0 Å². The first-order valence-electron chi connectivity index (χ1n) is 7.87. The summed E-state index contributed by atoms with van der Waals surface area (Å²) in [6.45, 7) is 5.25. The molecule has 1 aliphatic heterocycles. The van der Waals surface area contributed by atoms with Crippen molar-refractivity contribution < 1.29 is 9.59 Å². The second-order valence-corrected chi connectivity index (χ2v) is 6.35. The Morgan fingerprint density at radius 3 is 2.57 bits per heavy atom. The molecule has 1 saturated heterocycles. The number of carbonyl (C=O) groups excluding carboxylic acids is 2. The lowest BCUT2D eigenvalue weighted by Gasteiger charge is -2.27. The van der Waals surface area contributed by atoms with Crippen LogP contribution in [-0.4, -0.2) is 67.0 Å². The zero-order valence-electron chi connectivity index (χ0n) is 14.6. The van der Waals surface area contributed by atoms with Crippen molar-refractivity contribution in [3.63, 3.8) is 0 Å². The lowest BCUT2D eigenvalue weighted by Crippen LogP contribution is -2.45. The molecule has 126 valence electrons. The molecule has 0 bridgehead atoms. The maximum Gasteiger partial charge on any atom is 0.321 e. The zero-order valence-corrected chi connectivity index (χ0v) is 14.6. The summed E-state index contributed by atoms with van der Waals surface area (Å²) in [5.41, 5.74) is 3.08. The van der Waals surface area contributed by atoms with Gasteiger partial charge in [-0.1, -0.05) is 12.1 Å². The monoisotopic (exact) mass is 318 g/mol. The fourth-order valence-corrected chi connectivity index (χ4v) is 2.79. The van der Waals surface area contributed by atoms with Crippen molar-refractivity contribution in [3.05, 3.63) is 29.3 Å². The number of hydrogen-bond donors (Lipinski definition) is 1. The molecular weight excluding hydrogens is 292 g/mol. The van der Waals surface area contributed by atoms with Crippen LogP contribution in [-0.2, 0) is 0 Å². The van der Waals surface area contributed by atoms with E-state index in [1.807, 2.05) is 32.0 Å². The van der Waals surface area contributed by atoms with Crippen LogP contribution in [0.25, 0.3) is 0 Å². The molecule has 1 atom stereocenters. The van der Waals surface area contributed by atoms with Gasteiger partial charge in [0.25, 0.3) is 0 Å². The van der Waals surface area contributed by atoms with Gasteiger partial charge < -0.3 is 20.0 Å². The molecule has 4 amide bonds. The Balaban J connectivity index is 1.97. The Labute approximate surface area is 138 Å². The van der Waals surface area contributed by atoms with Crippen LogP contribution in [0.3, 0.4) is 0 Å². The molecule has 1 aromatic carbocycles. The first-order chi connectivity index (χ1) is 10.8. The number of rotatable bonds is 2. The maximum absolute atomic E-state index is 12.5. The molecule has 1 unspecified atom stereocenters. The van der Waals surface area contributed by atoms with Crippen LogP contribution < -0.4 is 5.32 Å². The van der Waals surface area contributed by atoms with Crippen molar-refractivity contribution >= 4 is 17.7 Å². The summed E-state index contributed by atoms with van der Waals surface area (Å²) >= 11 is 0. The molecule has 6 heteroatoms. The number of likely N-dealkylation sites (tertiary alicyclic amines) is 1. The minimum Gasteiger partial charge on any atom is -0.331 e. The Hall–Kier alpha value is -2.24. The summed E-state index contributed by atoms with van der Waals surface area (Å²) in [6, 6.07) is 5.80. The van der Waals surface area contributed by atoms with E-state index in [0.29, 0.717) is 13.1 Å². The van der Waals surface area contributed by atoms with E-state index >= 15 is 0 Å². The molecule has 0 spiro atoms. The number of hydrogen-bond acceptors (Lipinski definition) is 2. The van der Waals surface area contributed by atoms with Gasteiger partial charge in [-0.2, -0.15) is 0 Å². The largest absolute Gasteiger partial charge is 0.331 e. The molecule has 1 fully saturated rings. The number of nitrogens with one attached hydrogen (secondary N) is 1. The smallest absolute Gasteiger partial charge is 0.321 e. The summed E-state index contributed by atoms with van der Waals surface area (Å²) in [5.74, 6) is 0. The SMILES string of the molecule is Cc1cccc(NC(=O)N2CCC(N(C)C(=O)N(C)C)C2)c1C. The van der Waals surface area contributed by atoms with Crippen LogP contribution in [0.4, 0.5) is 15.3 Å². The van der Waals surface area contributed by atoms with Crippen LogP contribution in [0, 0.1) is 13.8 Å². The molecule has 23 heavy (non-hydrogen) atoms. The van der Waals surface area contributed by atoms with Gasteiger partial charge in [0.15, 0.2) is 0 Å². The summed E-state index contributed by atoms with van der Waals surface area (Å²) in [5, 5.41) is 2.98. The molecule has 1 heterocycles. The highest BCUT2D eigenvalue weighted by atomic mass is 16.2. The summed E-state index contributed by atoms with van der Waals surface area (Å²) in [4.78, 5) is 29.5. The predicted octanol–water partition coefficient (Wildman–Crippen LogP) is 2.52. The first kappa shape index (κ1) is 17.1. The molecule has 1 N–H and O–H groups in total. The van der Waals surface area contributed by atoms with Gasteiger partial charge in [0, 0.05) is 39.9 Å². The number of urea groups is 2. The number of amides is 4. The minimum atomic E-state index is -0.105. The second-order valence-electron chi connectivity index (χ2n) is 6.35. The van der Waals surface area contributed by atoms with Crippen molar-refractivity contribution in [1.82, 2.24) is 14.7 Å². The highest BCUT2D eigenvalue weighted by molar-refractivity contribution is 5.90. The van der Waals surface area contributed by atoms with Crippen LogP contribution in [0.2, 0.25) is 0 Å². The third kappa shape index (κ3) is 3.75. The molecule has 0 aromatic heterocycles.